The van der Waals surface area contributed by atoms with Crippen molar-refractivity contribution < 1.29 is 0 Å². The Kier molecular flexibility index (Phi) is 1.97. The number of nitrogens with zero attached hydrogens (tertiary/aromatic N) is 6. The SMILES string of the molecule is Cn1ncnc1Cn1cnc(Cl)n1. The van der Waals surface area contributed by atoms with Crippen molar-refractivity contribution in [2.24, 2.45) is 7.05 Å². The van der Waals surface area contributed by atoms with Gasteiger partial charge in [-0.3, -0.25) is 4.68 Å². The van der Waals surface area contributed by atoms with Crippen LogP contribution in [0.3, 0.4) is 0 Å². The van der Waals surface area contributed by atoms with Crippen molar-refractivity contribution in [1.82, 2.24) is 29.5 Å². The zero-order valence-electron chi connectivity index (χ0n) is 6.92. The second-order valence-corrected chi connectivity index (χ2v) is 2.85. The second kappa shape index (κ2) is 3.14. The molecule has 7 heteroatoms. The number of aryl methyl sites for hydroxylation is 1. The van der Waals surface area contributed by atoms with E-state index >= 15 is 0 Å². The summed E-state index contributed by atoms with van der Waals surface area (Å²) in [6.07, 6.45) is 3.05. The summed E-state index contributed by atoms with van der Waals surface area (Å²) in [5.74, 6) is 0.807. The molecular formula is C6H7ClN6. The van der Waals surface area contributed by atoms with Crippen molar-refractivity contribution in [3.05, 3.63) is 23.8 Å². The summed E-state index contributed by atoms with van der Waals surface area (Å²) in [7, 11) is 1.82. The normalized spacial score (nSPS) is 10.6. The van der Waals surface area contributed by atoms with E-state index < -0.39 is 0 Å². The summed E-state index contributed by atoms with van der Waals surface area (Å²) in [6, 6.07) is 0. The summed E-state index contributed by atoms with van der Waals surface area (Å²) in [4.78, 5) is 7.83. The summed E-state index contributed by atoms with van der Waals surface area (Å²) < 4.78 is 3.28. The molecule has 0 saturated carbocycles. The van der Waals surface area contributed by atoms with Crippen molar-refractivity contribution in [2.45, 2.75) is 6.54 Å². The van der Waals surface area contributed by atoms with E-state index in [4.69, 9.17) is 11.6 Å². The molecule has 0 unspecified atom stereocenters. The van der Waals surface area contributed by atoms with Crippen LogP contribution in [0.1, 0.15) is 5.82 Å². The fourth-order valence-electron chi connectivity index (χ4n) is 0.956. The monoisotopic (exact) mass is 198 g/mol. The molecular weight excluding hydrogens is 192 g/mol. The molecule has 0 aromatic carbocycles. The molecule has 0 atom stereocenters. The van der Waals surface area contributed by atoms with E-state index in [2.05, 4.69) is 20.2 Å². The highest BCUT2D eigenvalue weighted by atomic mass is 35.5. The van der Waals surface area contributed by atoms with Gasteiger partial charge in [0.25, 0.3) is 0 Å². The summed E-state index contributed by atoms with van der Waals surface area (Å²) in [6.45, 7) is 0.524. The van der Waals surface area contributed by atoms with Crippen LogP contribution in [0.5, 0.6) is 0 Å². The number of aromatic nitrogens is 6. The minimum absolute atomic E-state index is 0.238. The van der Waals surface area contributed by atoms with E-state index in [9.17, 15) is 0 Å². The Labute approximate surface area is 79.2 Å². The molecule has 0 bridgehead atoms. The highest BCUT2D eigenvalue weighted by Gasteiger charge is 2.02. The molecule has 0 N–H and O–H groups in total. The quantitative estimate of drug-likeness (QED) is 0.687. The molecule has 2 rings (SSSR count). The van der Waals surface area contributed by atoms with Gasteiger partial charge < -0.3 is 0 Å². The van der Waals surface area contributed by atoms with Crippen LogP contribution >= 0.6 is 11.6 Å². The molecule has 0 aliphatic rings. The maximum Gasteiger partial charge on any atom is 0.242 e. The molecule has 2 aromatic rings. The smallest absolute Gasteiger partial charge is 0.242 e. The predicted octanol–water partition coefficient (Wildman–Crippen LogP) is 0.108. The molecule has 0 aliphatic carbocycles. The standard InChI is InChI=1S/C6H7ClN6/c1-12-5(8-3-10-12)2-13-4-9-6(7)11-13/h3-4H,2H2,1H3. The minimum Gasteiger partial charge on any atom is -0.251 e. The van der Waals surface area contributed by atoms with Crippen LogP contribution in [0, 0.1) is 0 Å². The molecule has 0 saturated heterocycles. The number of halogens is 1. The lowest BCUT2D eigenvalue weighted by Gasteiger charge is -1.98. The third-order valence-corrected chi connectivity index (χ3v) is 1.79. The molecule has 6 nitrogen and oxygen atoms in total. The Balaban J connectivity index is 2.19. The molecule has 0 amide bonds. The number of hydrogen-bond donors (Lipinski definition) is 0. The summed E-state index contributed by atoms with van der Waals surface area (Å²) in [5.41, 5.74) is 0. The molecule has 0 spiro atoms. The highest BCUT2D eigenvalue weighted by Crippen LogP contribution is 1.99. The first kappa shape index (κ1) is 8.18. The lowest BCUT2D eigenvalue weighted by molar-refractivity contribution is 0.607. The number of rotatable bonds is 2. The van der Waals surface area contributed by atoms with Gasteiger partial charge in [0.05, 0.1) is 0 Å². The number of hydrogen-bond acceptors (Lipinski definition) is 4. The van der Waals surface area contributed by atoms with Gasteiger partial charge in [0.15, 0.2) is 0 Å². The van der Waals surface area contributed by atoms with Crippen molar-refractivity contribution in [3.63, 3.8) is 0 Å². The Hall–Kier alpha value is -1.43. The average molecular weight is 199 g/mol. The summed E-state index contributed by atoms with van der Waals surface area (Å²) in [5, 5.41) is 8.09. The Morgan fingerprint density at radius 2 is 2.31 bits per heavy atom. The van der Waals surface area contributed by atoms with Gasteiger partial charge >= 0.3 is 0 Å². The fourth-order valence-corrected chi connectivity index (χ4v) is 1.10. The Morgan fingerprint density at radius 3 is 2.85 bits per heavy atom. The molecule has 0 fully saturated rings. The van der Waals surface area contributed by atoms with E-state index in [1.165, 1.54) is 6.33 Å². The van der Waals surface area contributed by atoms with Crippen LogP contribution in [-0.2, 0) is 13.6 Å². The van der Waals surface area contributed by atoms with Gasteiger partial charge in [0.1, 0.15) is 25.0 Å². The second-order valence-electron chi connectivity index (χ2n) is 2.51. The Morgan fingerprint density at radius 1 is 1.46 bits per heavy atom. The van der Waals surface area contributed by atoms with Gasteiger partial charge in [0.2, 0.25) is 5.28 Å². The van der Waals surface area contributed by atoms with Gasteiger partial charge in [0, 0.05) is 7.05 Å². The van der Waals surface area contributed by atoms with E-state index in [1.54, 1.807) is 15.7 Å². The van der Waals surface area contributed by atoms with Crippen LogP contribution in [0.2, 0.25) is 5.28 Å². The topological polar surface area (TPSA) is 61.4 Å². The zero-order valence-corrected chi connectivity index (χ0v) is 7.68. The maximum atomic E-state index is 5.55. The highest BCUT2D eigenvalue weighted by molar-refractivity contribution is 6.28. The molecule has 68 valence electrons. The van der Waals surface area contributed by atoms with Crippen LogP contribution in [0.4, 0.5) is 0 Å². The predicted molar refractivity (Wildman–Crippen MR) is 45.1 cm³/mol. The lowest BCUT2D eigenvalue weighted by atomic mass is 10.6. The first-order valence-corrected chi connectivity index (χ1v) is 4.01. The van der Waals surface area contributed by atoms with E-state index in [0.717, 1.165) is 5.82 Å². The fraction of sp³-hybridized carbons (Fsp3) is 0.333. The summed E-state index contributed by atoms with van der Waals surface area (Å²) >= 11 is 5.55. The molecule has 13 heavy (non-hydrogen) atoms. The minimum atomic E-state index is 0.238. The van der Waals surface area contributed by atoms with Crippen LogP contribution in [0.15, 0.2) is 12.7 Å². The van der Waals surface area contributed by atoms with Crippen LogP contribution in [-0.4, -0.2) is 29.5 Å². The molecule has 2 heterocycles. The van der Waals surface area contributed by atoms with Gasteiger partial charge in [-0.05, 0) is 11.6 Å². The van der Waals surface area contributed by atoms with Crippen molar-refractivity contribution >= 4 is 11.6 Å². The molecule has 0 radical (unpaired) electrons. The van der Waals surface area contributed by atoms with Gasteiger partial charge in [-0.2, -0.15) is 5.10 Å². The zero-order chi connectivity index (χ0) is 9.26. The van der Waals surface area contributed by atoms with E-state index in [-0.39, 0.29) is 5.28 Å². The largest absolute Gasteiger partial charge is 0.251 e. The average Bonchev–Trinajstić information content (AvgIpc) is 2.64. The van der Waals surface area contributed by atoms with Gasteiger partial charge in [-0.1, -0.05) is 0 Å². The van der Waals surface area contributed by atoms with Gasteiger partial charge in [-0.25, -0.2) is 14.6 Å². The van der Waals surface area contributed by atoms with Crippen molar-refractivity contribution in [1.29, 1.82) is 0 Å². The van der Waals surface area contributed by atoms with Crippen molar-refractivity contribution in [3.8, 4) is 0 Å². The molecule has 2 aromatic heterocycles. The van der Waals surface area contributed by atoms with Crippen molar-refractivity contribution in [2.75, 3.05) is 0 Å². The van der Waals surface area contributed by atoms with E-state index in [1.807, 2.05) is 7.05 Å². The van der Waals surface area contributed by atoms with Crippen LogP contribution in [0.25, 0.3) is 0 Å². The third kappa shape index (κ3) is 1.67. The molecule has 0 aliphatic heterocycles. The third-order valence-electron chi connectivity index (χ3n) is 1.62. The van der Waals surface area contributed by atoms with E-state index in [0.29, 0.717) is 6.54 Å². The maximum absolute atomic E-state index is 5.55. The van der Waals surface area contributed by atoms with Gasteiger partial charge in [-0.15, -0.1) is 5.10 Å². The Bertz CT molecular complexity index is 405. The first-order chi connectivity index (χ1) is 6.25. The van der Waals surface area contributed by atoms with Crippen LogP contribution < -0.4 is 0 Å². The first-order valence-electron chi connectivity index (χ1n) is 3.63. The lowest BCUT2D eigenvalue weighted by Crippen LogP contribution is -2.07.